The second-order valence-corrected chi connectivity index (χ2v) is 8.75. The Morgan fingerprint density at radius 2 is 1.57 bits per heavy atom. The van der Waals surface area contributed by atoms with E-state index in [2.05, 4.69) is 11.0 Å². The van der Waals surface area contributed by atoms with Crippen LogP contribution in [0.25, 0.3) is 0 Å². The Kier molecular flexibility index (Phi) is 5.85. The van der Waals surface area contributed by atoms with E-state index in [0.29, 0.717) is 31.6 Å². The van der Waals surface area contributed by atoms with Crippen molar-refractivity contribution in [1.82, 2.24) is 4.90 Å². The van der Waals surface area contributed by atoms with Crippen molar-refractivity contribution in [2.75, 3.05) is 36.0 Å². The van der Waals surface area contributed by atoms with E-state index in [4.69, 9.17) is 5.26 Å². The van der Waals surface area contributed by atoms with Crippen molar-refractivity contribution in [2.24, 2.45) is 0 Å². The Hall–Kier alpha value is -3.99. The molecule has 2 aliphatic heterocycles. The van der Waals surface area contributed by atoms with Crippen LogP contribution in [0.4, 0.5) is 35.0 Å². The predicted octanol–water partition coefficient (Wildman–Crippen LogP) is 6.14. The van der Waals surface area contributed by atoms with Gasteiger partial charge in [0.2, 0.25) is 0 Å². The number of likely N-dealkylation sites (tertiary alicyclic amines) is 1. The Morgan fingerprint density at radius 3 is 2.29 bits per heavy atom. The van der Waals surface area contributed by atoms with Gasteiger partial charge in [0.15, 0.2) is 0 Å². The summed E-state index contributed by atoms with van der Waals surface area (Å²) in [5, 5.41) is 9.07. The first-order valence-corrected chi connectivity index (χ1v) is 11.5. The van der Waals surface area contributed by atoms with Crippen LogP contribution in [0.1, 0.15) is 29.0 Å². The second-order valence-electron chi connectivity index (χ2n) is 8.75. The Balaban J connectivity index is 1.37. The number of alkyl halides is 3. The zero-order valence-electron chi connectivity index (χ0n) is 18.9. The molecule has 0 N–H and O–H groups in total. The number of nitrogens with zero attached hydrogens (tertiary/aromatic N) is 4. The lowest BCUT2D eigenvalue weighted by Gasteiger charge is -2.39. The molecule has 2 aliphatic rings. The van der Waals surface area contributed by atoms with Crippen LogP contribution in [0.3, 0.4) is 0 Å². The van der Waals surface area contributed by atoms with Crippen LogP contribution < -0.4 is 9.80 Å². The summed E-state index contributed by atoms with van der Waals surface area (Å²) in [6.07, 6.45) is -3.93. The summed E-state index contributed by atoms with van der Waals surface area (Å²) in [7, 11) is 0. The molecule has 3 aromatic rings. The lowest BCUT2D eigenvalue weighted by Crippen LogP contribution is -2.48. The van der Waals surface area contributed by atoms with Crippen LogP contribution in [0.5, 0.6) is 0 Å². The van der Waals surface area contributed by atoms with E-state index in [0.717, 1.165) is 23.1 Å². The normalized spacial score (nSPS) is 17.8. The minimum absolute atomic E-state index is 0.191. The molecule has 0 aliphatic carbocycles. The van der Waals surface area contributed by atoms with Crippen LogP contribution >= 0.6 is 0 Å². The third-order valence-electron chi connectivity index (χ3n) is 6.71. The monoisotopic (exact) mass is 476 g/mol. The van der Waals surface area contributed by atoms with Gasteiger partial charge in [-0.2, -0.15) is 18.4 Å². The first-order valence-electron chi connectivity index (χ1n) is 11.5. The zero-order valence-corrected chi connectivity index (χ0v) is 18.9. The number of anilines is 3. The lowest BCUT2D eigenvalue weighted by molar-refractivity contribution is -0.138. The Morgan fingerprint density at radius 1 is 0.886 bits per heavy atom. The number of carbonyl (C=O) groups excluding carboxylic acids is 1. The largest absolute Gasteiger partial charge is 0.416 e. The van der Waals surface area contributed by atoms with Gasteiger partial charge in [-0.05, 0) is 54.4 Å². The zero-order chi connectivity index (χ0) is 24.6. The van der Waals surface area contributed by atoms with E-state index in [1.807, 2.05) is 36.4 Å². The number of para-hydroxylation sites is 2. The van der Waals surface area contributed by atoms with E-state index >= 15 is 0 Å². The van der Waals surface area contributed by atoms with Gasteiger partial charge in [-0.25, -0.2) is 4.79 Å². The maximum absolute atomic E-state index is 13.5. The molecule has 0 radical (unpaired) electrons. The van der Waals surface area contributed by atoms with Gasteiger partial charge >= 0.3 is 12.2 Å². The van der Waals surface area contributed by atoms with Gasteiger partial charge in [0.05, 0.1) is 28.6 Å². The number of rotatable bonds is 2. The molecule has 178 valence electrons. The summed E-state index contributed by atoms with van der Waals surface area (Å²) in [5.41, 5.74) is 2.75. The van der Waals surface area contributed by atoms with Crippen molar-refractivity contribution >= 4 is 23.1 Å². The summed E-state index contributed by atoms with van der Waals surface area (Å²) >= 11 is 0. The highest BCUT2D eigenvalue weighted by molar-refractivity contribution is 5.98. The maximum Gasteiger partial charge on any atom is 0.416 e. The van der Waals surface area contributed by atoms with Gasteiger partial charge in [0, 0.05) is 37.8 Å². The number of benzene rings is 3. The molecule has 1 unspecified atom stereocenters. The van der Waals surface area contributed by atoms with Crippen molar-refractivity contribution in [3.05, 3.63) is 89.5 Å². The van der Waals surface area contributed by atoms with Crippen LogP contribution in [-0.2, 0) is 6.18 Å². The summed E-state index contributed by atoms with van der Waals surface area (Å²) in [4.78, 5) is 19.0. The summed E-state index contributed by atoms with van der Waals surface area (Å²) < 4.78 is 40.6. The highest BCUT2D eigenvalue weighted by Gasteiger charge is 2.39. The van der Waals surface area contributed by atoms with Gasteiger partial charge < -0.3 is 9.80 Å². The number of carbonyl (C=O) groups is 1. The van der Waals surface area contributed by atoms with Crippen molar-refractivity contribution in [1.29, 1.82) is 5.26 Å². The molecule has 5 rings (SSSR count). The molecule has 35 heavy (non-hydrogen) atoms. The molecule has 2 amide bonds. The number of halogens is 3. The van der Waals surface area contributed by atoms with Gasteiger partial charge in [0.25, 0.3) is 0 Å². The average molecular weight is 477 g/mol. The van der Waals surface area contributed by atoms with E-state index in [-0.39, 0.29) is 24.1 Å². The van der Waals surface area contributed by atoms with E-state index in [9.17, 15) is 18.0 Å². The summed E-state index contributed by atoms with van der Waals surface area (Å²) in [6.45, 7) is 1.66. The molecule has 3 aromatic carbocycles. The van der Waals surface area contributed by atoms with Gasteiger partial charge in [-0.15, -0.1) is 0 Å². The standard InChI is InChI=1S/C27H23F3N4O/c28-27(29,30)23-6-2-1-5-22(23)20-13-14-32(18-20)26(35)34-16-15-33(24-7-3-4-8-25(24)34)21-11-9-19(17-31)10-12-21/h1-12,20H,13-16,18H2. The van der Waals surface area contributed by atoms with Crippen molar-refractivity contribution in [3.63, 3.8) is 0 Å². The van der Waals surface area contributed by atoms with Crippen molar-refractivity contribution in [2.45, 2.75) is 18.5 Å². The summed E-state index contributed by atoms with van der Waals surface area (Å²) in [5.74, 6) is -0.355. The lowest BCUT2D eigenvalue weighted by atomic mass is 9.93. The molecule has 0 spiro atoms. The minimum Gasteiger partial charge on any atom is -0.338 e. The number of amides is 2. The smallest absolute Gasteiger partial charge is 0.338 e. The van der Waals surface area contributed by atoms with Crippen molar-refractivity contribution < 1.29 is 18.0 Å². The fraction of sp³-hybridized carbons (Fsp3) is 0.259. The Bertz CT molecular complexity index is 1280. The van der Waals surface area contributed by atoms with Crippen molar-refractivity contribution in [3.8, 4) is 6.07 Å². The second kappa shape index (κ2) is 8.99. The third-order valence-corrected chi connectivity index (χ3v) is 6.71. The number of nitriles is 1. The van der Waals surface area contributed by atoms with Gasteiger partial charge in [0.1, 0.15) is 0 Å². The van der Waals surface area contributed by atoms with Gasteiger partial charge in [-0.1, -0.05) is 30.3 Å². The molecule has 0 aromatic heterocycles. The fourth-order valence-electron chi connectivity index (χ4n) is 5.01. The van der Waals surface area contributed by atoms with Crippen LogP contribution in [-0.4, -0.2) is 37.1 Å². The molecule has 0 bridgehead atoms. The fourth-order valence-corrected chi connectivity index (χ4v) is 5.01. The molecular weight excluding hydrogens is 453 g/mol. The van der Waals surface area contributed by atoms with E-state index in [1.165, 1.54) is 12.1 Å². The molecule has 1 fully saturated rings. The third kappa shape index (κ3) is 4.30. The quantitative estimate of drug-likeness (QED) is 0.446. The number of hydrogen-bond acceptors (Lipinski definition) is 3. The van der Waals surface area contributed by atoms with E-state index in [1.54, 1.807) is 28.0 Å². The average Bonchev–Trinajstić information content (AvgIpc) is 3.37. The predicted molar refractivity (Wildman–Crippen MR) is 128 cm³/mol. The molecule has 8 heteroatoms. The minimum atomic E-state index is -4.42. The highest BCUT2D eigenvalue weighted by Crippen LogP contribution is 2.41. The summed E-state index contributed by atoms with van der Waals surface area (Å²) in [6, 6.07) is 22.5. The van der Waals surface area contributed by atoms with Crippen LogP contribution in [0.2, 0.25) is 0 Å². The number of urea groups is 1. The molecule has 5 nitrogen and oxygen atoms in total. The van der Waals surface area contributed by atoms with Crippen LogP contribution in [0.15, 0.2) is 72.8 Å². The first-order chi connectivity index (χ1) is 16.9. The van der Waals surface area contributed by atoms with E-state index < -0.39 is 11.7 Å². The number of fused-ring (bicyclic) bond motifs is 1. The first kappa shape index (κ1) is 22.8. The molecule has 1 saturated heterocycles. The van der Waals surface area contributed by atoms with Gasteiger partial charge in [-0.3, -0.25) is 4.90 Å². The SMILES string of the molecule is N#Cc1ccc(N2CCN(C(=O)N3CCC(c4ccccc4C(F)(F)F)C3)c3ccccc32)cc1. The topological polar surface area (TPSA) is 50.6 Å². The Labute approximate surface area is 201 Å². The maximum atomic E-state index is 13.5. The number of hydrogen-bond donors (Lipinski definition) is 0. The van der Waals surface area contributed by atoms with Crippen LogP contribution in [0, 0.1) is 11.3 Å². The highest BCUT2D eigenvalue weighted by atomic mass is 19.4. The molecule has 1 atom stereocenters. The molecule has 0 saturated carbocycles. The molecule has 2 heterocycles. The molecular formula is C27H23F3N4O.